The second kappa shape index (κ2) is 4.58. The minimum absolute atomic E-state index is 0.193. The number of aromatic nitrogens is 1. The molecular formula is C9H17N3S. The molecule has 1 atom stereocenters. The number of likely N-dealkylation sites (N-methyl/N-ethyl adjacent to an activating group) is 1. The minimum Gasteiger partial charge on any atom is -0.350 e. The van der Waals surface area contributed by atoms with Gasteiger partial charge in [-0.3, -0.25) is 0 Å². The lowest BCUT2D eigenvalue weighted by Gasteiger charge is -2.17. The van der Waals surface area contributed by atoms with Crippen LogP contribution in [0, 0.1) is 0 Å². The van der Waals surface area contributed by atoms with Gasteiger partial charge >= 0.3 is 0 Å². The fourth-order valence-electron chi connectivity index (χ4n) is 1.14. The molecule has 74 valence electrons. The molecule has 1 unspecified atom stereocenters. The average molecular weight is 199 g/mol. The molecule has 0 spiro atoms. The number of hydrogen-bond donors (Lipinski definition) is 1. The van der Waals surface area contributed by atoms with E-state index in [1.807, 2.05) is 14.0 Å². The molecular weight excluding hydrogens is 182 g/mol. The van der Waals surface area contributed by atoms with Gasteiger partial charge in [-0.05, 0) is 13.3 Å². The van der Waals surface area contributed by atoms with Crippen molar-refractivity contribution in [3.63, 3.8) is 0 Å². The first-order chi connectivity index (χ1) is 6.13. The second-order valence-corrected chi connectivity index (χ2v) is 4.17. The van der Waals surface area contributed by atoms with Gasteiger partial charge in [0.05, 0.1) is 5.69 Å². The van der Waals surface area contributed by atoms with Crippen molar-refractivity contribution in [1.29, 1.82) is 0 Å². The first-order valence-electron chi connectivity index (χ1n) is 4.54. The number of aryl methyl sites for hydroxylation is 1. The predicted molar refractivity (Wildman–Crippen MR) is 58.4 cm³/mol. The smallest absolute Gasteiger partial charge is 0.185 e. The zero-order valence-corrected chi connectivity index (χ0v) is 9.27. The Balaban J connectivity index is 2.60. The predicted octanol–water partition coefficient (Wildman–Crippen LogP) is 1.49. The molecule has 4 heteroatoms. The Hall–Kier alpha value is -0.610. The van der Waals surface area contributed by atoms with Crippen LogP contribution < -0.4 is 10.6 Å². The van der Waals surface area contributed by atoms with Gasteiger partial charge < -0.3 is 10.6 Å². The minimum atomic E-state index is 0.193. The van der Waals surface area contributed by atoms with Gasteiger partial charge in [-0.15, -0.1) is 11.3 Å². The highest BCUT2D eigenvalue weighted by atomic mass is 32.1. The Kier molecular flexibility index (Phi) is 3.69. The van der Waals surface area contributed by atoms with Gasteiger partial charge in [0, 0.05) is 25.0 Å². The number of nitrogens with two attached hydrogens (primary N) is 1. The summed E-state index contributed by atoms with van der Waals surface area (Å²) in [5.74, 6) is 0. The largest absolute Gasteiger partial charge is 0.350 e. The lowest BCUT2D eigenvalue weighted by molar-refractivity contribution is 0.715. The van der Waals surface area contributed by atoms with E-state index in [9.17, 15) is 0 Å². The molecule has 0 aliphatic carbocycles. The van der Waals surface area contributed by atoms with E-state index in [1.165, 1.54) is 0 Å². The molecule has 1 aromatic rings. The monoisotopic (exact) mass is 199 g/mol. The lowest BCUT2D eigenvalue weighted by Crippen LogP contribution is -2.32. The first kappa shape index (κ1) is 10.5. The Labute approximate surface area is 83.6 Å². The van der Waals surface area contributed by atoms with Crippen LogP contribution in [-0.4, -0.2) is 24.6 Å². The molecule has 0 aliphatic heterocycles. The molecule has 0 saturated heterocycles. The molecule has 13 heavy (non-hydrogen) atoms. The Morgan fingerprint density at radius 2 is 2.38 bits per heavy atom. The van der Waals surface area contributed by atoms with E-state index in [0.29, 0.717) is 0 Å². The van der Waals surface area contributed by atoms with Crippen LogP contribution in [0.25, 0.3) is 0 Å². The zero-order chi connectivity index (χ0) is 9.84. The summed E-state index contributed by atoms with van der Waals surface area (Å²) >= 11 is 1.68. The number of hydrogen-bond acceptors (Lipinski definition) is 4. The van der Waals surface area contributed by atoms with Gasteiger partial charge in [0.15, 0.2) is 5.13 Å². The highest BCUT2D eigenvalue weighted by Gasteiger charge is 2.07. The van der Waals surface area contributed by atoms with Crippen molar-refractivity contribution in [3.8, 4) is 0 Å². The molecule has 1 rings (SSSR count). The lowest BCUT2D eigenvalue weighted by atomic mass is 10.3. The fraction of sp³-hybridized carbons (Fsp3) is 0.667. The number of anilines is 1. The summed E-state index contributed by atoms with van der Waals surface area (Å²) in [7, 11) is 2.03. The van der Waals surface area contributed by atoms with Crippen molar-refractivity contribution in [2.75, 3.05) is 18.5 Å². The van der Waals surface area contributed by atoms with Gasteiger partial charge in [-0.2, -0.15) is 0 Å². The van der Waals surface area contributed by atoms with Crippen LogP contribution >= 0.6 is 11.3 Å². The molecule has 0 aliphatic rings. The zero-order valence-electron chi connectivity index (χ0n) is 8.45. The van der Waals surface area contributed by atoms with Gasteiger partial charge in [-0.1, -0.05) is 6.92 Å². The molecule has 0 amide bonds. The highest BCUT2D eigenvalue weighted by Crippen LogP contribution is 2.19. The second-order valence-electron chi connectivity index (χ2n) is 3.33. The molecule has 1 aromatic heterocycles. The van der Waals surface area contributed by atoms with E-state index in [-0.39, 0.29) is 6.04 Å². The van der Waals surface area contributed by atoms with E-state index in [4.69, 9.17) is 5.73 Å². The molecule has 2 N–H and O–H groups in total. The summed E-state index contributed by atoms with van der Waals surface area (Å²) in [6, 6.07) is 0.193. The van der Waals surface area contributed by atoms with Crippen molar-refractivity contribution >= 4 is 16.5 Å². The topological polar surface area (TPSA) is 42.1 Å². The third-order valence-electron chi connectivity index (χ3n) is 1.79. The number of thiazole rings is 1. The van der Waals surface area contributed by atoms with Crippen LogP contribution in [0.1, 0.15) is 19.5 Å². The number of nitrogens with zero attached hydrogens (tertiary/aromatic N) is 2. The third-order valence-corrected chi connectivity index (χ3v) is 2.79. The van der Waals surface area contributed by atoms with Crippen molar-refractivity contribution in [2.24, 2.45) is 5.73 Å². The average Bonchev–Trinajstić information content (AvgIpc) is 2.50. The summed E-state index contributed by atoms with van der Waals surface area (Å²) in [5.41, 5.74) is 6.87. The van der Waals surface area contributed by atoms with E-state index in [1.54, 1.807) is 11.3 Å². The van der Waals surface area contributed by atoms with Crippen LogP contribution in [0.2, 0.25) is 0 Å². The molecule has 0 fully saturated rings. The summed E-state index contributed by atoms with van der Waals surface area (Å²) < 4.78 is 0. The van der Waals surface area contributed by atoms with E-state index < -0.39 is 0 Å². The first-order valence-corrected chi connectivity index (χ1v) is 5.42. The molecule has 0 bridgehead atoms. The normalized spacial score (nSPS) is 12.9. The maximum atomic E-state index is 5.71. The van der Waals surface area contributed by atoms with Crippen LogP contribution in [0.5, 0.6) is 0 Å². The fourth-order valence-corrected chi connectivity index (χ4v) is 2.03. The van der Waals surface area contributed by atoms with Crippen LogP contribution in [0.4, 0.5) is 5.13 Å². The van der Waals surface area contributed by atoms with Crippen LogP contribution in [0.3, 0.4) is 0 Å². The Morgan fingerprint density at radius 1 is 1.69 bits per heavy atom. The van der Waals surface area contributed by atoms with Gasteiger partial charge in [0.25, 0.3) is 0 Å². The Morgan fingerprint density at radius 3 is 2.85 bits per heavy atom. The molecule has 3 nitrogen and oxygen atoms in total. The quantitative estimate of drug-likeness (QED) is 0.799. The van der Waals surface area contributed by atoms with E-state index in [2.05, 4.69) is 22.2 Å². The summed E-state index contributed by atoms with van der Waals surface area (Å²) in [6.45, 7) is 4.98. The molecule has 0 aromatic carbocycles. The van der Waals surface area contributed by atoms with Crippen molar-refractivity contribution in [1.82, 2.24) is 4.98 Å². The van der Waals surface area contributed by atoms with Crippen LogP contribution in [0.15, 0.2) is 5.38 Å². The Bertz CT molecular complexity index is 257. The SMILES string of the molecule is CCc1csc(N(C)CC(C)N)n1. The third kappa shape index (κ3) is 2.97. The van der Waals surface area contributed by atoms with Gasteiger partial charge in [0.2, 0.25) is 0 Å². The van der Waals surface area contributed by atoms with Crippen molar-refractivity contribution in [2.45, 2.75) is 26.3 Å². The summed E-state index contributed by atoms with van der Waals surface area (Å²) in [6.07, 6.45) is 1.00. The van der Waals surface area contributed by atoms with Crippen LogP contribution in [-0.2, 0) is 6.42 Å². The number of rotatable bonds is 4. The van der Waals surface area contributed by atoms with Gasteiger partial charge in [0.1, 0.15) is 0 Å². The van der Waals surface area contributed by atoms with E-state index in [0.717, 1.165) is 23.8 Å². The van der Waals surface area contributed by atoms with E-state index >= 15 is 0 Å². The maximum absolute atomic E-state index is 5.71. The van der Waals surface area contributed by atoms with Gasteiger partial charge in [-0.25, -0.2) is 4.98 Å². The molecule has 1 heterocycles. The van der Waals surface area contributed by atoms with Crippen molar-refractivity contribution < 1.29 is 0 Å². The summed E-state index contributed by atoms with van der Waals surface area (Å²) in [5, 5.41) is 3.17. The summed E-state index contributed by atoms with van der Waals surface area (Å²) in [4.78, 5) is 6.58. The maximum Gasteiger partial charge on any atom is 0.185 e. The highest BCUT2D eigenvalue weighted by molar-refractivity contribution is 7.13. The van der Waals surface area contributed by atoms with Crippen molar-refractivity contribution in [3.05, 3.63) is 11.1 Å². The molecule has 0 radical (unpaired) electrons. The molecule has 0 saturated carbocycles. The standard InChI is InChI=1S/C9H17N3S/c1-4-8-6-13-9(11-8)12(3)5-7(2)10/h6-7H,4-5,10H2,1-3H3.